The van der Waals surface area contributed by atoms with Gasteiger partial charge in [-0.1, -0.05) is 41.9 Å². The van der Waals surface area contributed by atoms with Crippen LogP contribution in [0.25, 0.3) is 0 Å². The van der Waals surface area contributed by atoms with Gasteiger partial charge < -0.3 is 10.6 Å². The van der Waals surface area contributed by atoms with Gasteiger partial charge >= 0.3 is 0 Å². The third kappa shape index (κ3) is 3.06. The topological polar surface area (TPSA) is 36.4 Å². The predicted molar refractivity (Wildman–Crippen MR) is 101 cm³/mol. The van der Waals surface area contributed by atoms with E-state index in [0.717, 1.165) is 35.9 Å². The number of anilines is 1. The van der Waals surface area contributed by atoms with Gasteiger partial charge in [0.2, 0.25) is 0 Å². The fourth-order valence-corrected chi connectivity index (χ4v) is 4.05. The zero-order chi connectivity index (χ0) is 16.4. The fraction of sp³-hybridized carbons (Fsp3) is 0.350. The number of piperidine rings is 1. The molecule has 2 N–H and O–H groups in total. The minimum atomic E-state index is 0.0885. The number of aliphatic imine (C=N–C) groups is 1. The van der Waals surface area contributed by atoms with Crippen LogP contribution in [0.2, 0.25) is 5.02 Å². The van der Waals surface area contributed by atoms with Crippen LogP contribution in [0.3, 0.4) is 0 Å². The average molecular weight is 340 g/mol. The molecule has 0 amide bonds. The van der Waals surface area contributed by atoms with Gasteiger partial charge in [0.1, 0.15) is 5.84 Å². The summed E-state index contributed by atoms with van der Waals surface area (Å²) in [6, 6.07) is 16.5. The summed E-state index contributed by atoms with van der Waals surface area (Å²) in [6.45, 7) is 2.75. The molecule has 4 heteroatoms. The molecule has 0 aliphatic carbocycles. The summed E-state index contributed by atoms with van der Waals surface area (Å²) in [5.74, 6) is 1.12. The van der Waals surface area contributed by atoms with E-state index in [1.165, 1.54) is 24.1 Å². The minimum absolute atomic E-state index is 0.0885. The molecule has 1 fully saturated rings. The molecule has 0 saturated carbocycles. The number of benzene rings is 2. The van der Waals surface area contributed by atoms with E-state index in [4.69, 9.17) is 16.6 Å². The van der Waals surface area contributed by atoms with Gasteiger partial charge in [0.15, 0.2) is 0 Å². The van der Waals surface area contributed by atoms with Crippen molar-refractivity contribution in [1.29, 1.82) is 0 Å². The smallest absolute Gasteiger partial charge is 0.109 e. The van der Waals surface area contributed by atoms with Crippen LogP contribution in [-0.4, -0.2) is 18.9 Å². The molecule has 0 aromatic heterocycles. The second-order valence-electron chi connectivity index (χ2n) is 6.81. The van der Waals surface area contributed by atoms with Gasteiger partial charge in [-0.15, -0.1) is 0 Å². The van der Waals surface area contributed by atoms with E-state index >= 15 is 0 Å². The molecule has 2 aromatic carbocycles. The fourth-order valence-electron chi connectivity index (χ4n) is 3.84. The molecule has 2 aromatic rings. The third-order valence-electron chi connectivity index (χ3n) is 5.08. The lowest BCUT2D eigenvalue weighted by Crippen LogP contribution is -2.51. The van der Waals surface area contributed by atoms with Gasteiger partial charge in [-0.25, -0.2) is 0 Å². The Labute approximate surface area is 148 Å². The number of rotatable bonds is 2. The van der Waals surface area contributed by atoms with Crippen LogP contribution < -0.4 is 10.6 Å². The van der Waals surface area contributed by atoms with Crippen LogP contribution >= 0.6 is 11.6 Å². The Bertz CT molecular complexity index is 763. The second kappa shape index (κ2) is 6.58. The normalized spacial score (nSPS) is 24.6. The van der Waals surface area contributed by atoms with Gasteiger partial charge in [0.05, 0.1) is 6.54 Å². The van der Waals surface area contributed by atoms with E-state index in [1.54, 1.807) is 0 Å². The van der Waals surface area contributed by atoms with Crippen molar-refractivity contribution in [3.05, 3.63) is 64.7 Å². The number of nitrogens with zero attached hydrogens (tertiary/aromatic N) is 1. The van der Waals surface area contributed by atoms with E-state index in [2.05, 4.69) is 41.0 Å². The Hall–Kier alpha value is -1.84. The lowest BCUT2D eigenvalue weighted by Gasteiger charge is -2.42. The summed E-state index contributed by atoms with van der Waals surface area (Å²) in [7, 11) is 0. The average Bonchev–Trinajstić information content (AvgIpc) is 2.61. The molecule has 24 heavy (non-hydrogen) atoms. The van der Waals surface area contributed by atoms with Gasteiger partial charge in [0, 0.05) is 22.7 Å². The summed E-state index contributed by atoms with van der Waals surface area (Å²) in [6.07, 6.45) is 3.42. The number of hydrogen-bond acceptors (Lipinski definition) is 2. The Morgan fingerprint density at radius 2 is 2.04 bits per heavy atom. The SMILES string of the molecule is Clc1cccc(CN=C2Nc3ccccc3CC23CCCNC3)c1. The first-order chi connectivity index (χ1) is 11.8. The van der Waals surface area contributed by atoms with Crippen LogP contribution in [0, 0.1) is 5.41 Å². The van der Waals surface area contributed by atoms with Crippen molar-refractivity contribution in [2.45, 2.75) is 25.8 Å². The molecule has 2 heterocycles. The first-order valence-electron chi connectivity index (χ1n) is 8.60. The maximum atomic E-state index is 6.10. The number of nitrogens with one attached hydrogen (secondary N) is 2. The highest BCUT2D eigenvalue weighted by molar-refractivity contribution is 6.30. The maximum Gasteiger partial charge on any atom is 0.109 e. The molecule has 1 atom stereocenters. The number of para-hydroxylation sites is 1. The maximum absolute atomic E-state index is 6.10. The highest BCUT2D eigenvalue weighted by Gasteiger charge is 2.41. The van der Waals surface area contributed by atoms with Gasteiger partial charge in [-0.05, 0) is 55.1 Å². The van der Waals surface area contributed by atoms with E-state index in [0.29, 0.717) is 6.54 Å². The van der Waals surface area contributed by atoms with Gasteiger partial charge in [0.25, 0.3) is 0 Å². The molecule has 0 bridgehead atoms. The molecule has 1 spiro atoms. The molecule has 1 saturated heterocycles. The molecule has 0 radical (unpaired) electrons. The number of halogens is 1. The van der Waals surface area contributed by atoms with Crippen molar-refractivity contribution in [2.24, 2.45) is 10.4 Å². The summed E-state index contributed by atoms with van der Waals surface area (Å²) in [4.78, 5) is 4.98. The molecule has 2 aliphatic heterocycles. The number of fused-ring (bicyclic) bond motifs is 1. The minimum Gasteiger partial charge on any atom is -0.343 e. The molecule has 4 rings (SSSR count). The number of amidine groups is 1. The highest BCUT2D eigenvalue weighted by Crippen LogP contribution is 2.39. The molecular weight excluding hydrogens is 318 g/mol. The Morgan fingerprint density at radius 3 is 2.88 bits per heavy atom. The Morgan fingerprint density at radius 1 is 1.12 bits per heavy atom. The predicted octanol–water partition coefficient (Wildman–Crippen LogP) is 4.28. The summed E-state index contributed by atoms with van der Waals surface area (Å²) in [5, 5.41) is 7.96. The summed E-state index contributed by atoms with van der Waals surface area (Å²) < 4.78 is 0. The van der Waals surface area contributed by atoms with Crippen molar-refractivity contribution >= 4 is 23.1 Å². The van der Waals surface area contributed by atoms with Crippen molar-refractivity contribution in [1.82, 2.24) is 5.32 Å². The zero-order valence-electron chi connectivity index (χ0n) is 13.7. The summed E-state index contributed by atoms with van der Waals surface area (Å²) in [5.41, 5.74) is 3.82. The standard InChI is InChI=1S/C20H22ClN3/c21-17-7-3-5-15(11-17)13-23-19-20(9-4-10-22-14-20)12-16-6-1-2-8-18(16)24-19/h1-3,5-8,11,22H,4,9-10,12-14H2,(H,23,24). The van der Waals surface area contributed by atoms with Crippen LogP contribution in [0.5, 0.6) is 0 Å². The van der Waals surface area contributed by atoms with Crippen LogP contribution in [0.15, 0.2) is 53.5 Å². The number of hydrogen-bond donors (Lipinski definition) is 2. The Kier molecular flexibility index (Phi) is 4.30. The first-order valence-corrected chi connectivity index (χ1v) is 8.98. The van der Waals surface area contributed by atoms with Crippen molar-refractivity contribution in [2.75, 3.05) is 18.4 Å². The largest absolute Gasteiger partial charge is 0.343 e. The van der Waals surface area contributed by atoms with Crippen LogP contribution in [0.1, 0.15) is 24.0 Å². The first kappa shape index (κ1) is 15.7. The zero-order valence-corrected chi connectivity index (χ0v) is 14.4. The van der Waals surface area contributed by atoms with Gasteiger partial charge in [-0.2, -0.15) is 0 Å². The van der Waals surface area contributed by atoms with E-state index < -0.39 is 0 Å². The van der Waals surface area contributed by atoms with E-state index in [-0.39, 0.29) is 5.41 Å². The second-order valence-corrected chi connectivity index (χ2v) is 7.25. The van der Waals surface area contributed by atoms with Crippen molar-refractivity contribution in [3.63, 3.8) is 0 Å². The molecule has 1 unspecified atom stereocenters. The van der Waals surface area contributed by atoms with Crippen LogP contribution in [-0.2, 0) is 13.0 Å². The lowest BCUT2D eigenvalue weighted by atomic mass is 9.72. The highest BCUT2D eigenvalue weighted by atomic mass is 35.5. The molecule has 3 nitrogen and oxygen atoms in total. The van der Waals surface area contributed by atoms with Gasteiger partial charge in [-0.3, -0.25) is 4.99 Å². The Balaban J connectivity index is 1.66. The molecule has 2 aliphatic rings. The molecule has 124 valence electrons. The van der Waals surface area contributed by atoms with E-state index in [1.807, 2.05) is 18.2 Å². The molecular formula is C20H22ClN3. The van der Waals surface area contributed by atoms with Crippen molar-refractivity contribution < 1.29 is 0 Å². The third-order valence-corrected chi connectivity index (χ3v) is 5.32. The van der Waals surface area contributed by atoms with Crippen LogP contribution in [0.4, 0.5) is 5.69 Å². The quantitative estimate of drug-likeness (QED) is 0.857. The monoisotopic (exact) mass is 339 g/mol. The van der Waals surface area contributed by atoms with E-state index in [9.17, 15) is 0 Å². The lowest BCUT2D eigenvalue weighted by molar-refractivity contribution is 0.298. The summed E-state index contributed by atoms with van der Waals surface area (Å²) >= 11 is 6.10. The van der Waals surface area contributed by atoms with Crippen molar-refractivity contribution in [3.8, 4) is 0 Å².